The summed E-state index contributed by atoms with van der Waals surface area (Å²) in [5, 5.41) is 0. The molecule has 0 aromatic rings. The van der Waals surface area contributed by atoms with Crippen molar-refractivity contribution in [3.05, 3.63) is 0 Å². The Morgan fingerprint density at radius 2 is 1.25 bits per heavy atom. The van der Waals surface area contributed by atoms with E-state index in [-0.39, 0.29) is 8.85 Å². The summed E-state index contributed by atoms with van der Waals surface area (Å²) in [7, 11) is 0. The highest BCUT2D eigenvalue weighted by Crippen LogP contribution is 2.00. The topological polar surface area (TPSA) is 0 Å². The second kappa shape index (κ2) is 10.1. The van der Waals surface area contributed by atoms with Crippen LogP contribution in [0, 0.1) is 0 Å². The summed E-state index contributed by atoms with van der Waals surface area (Å²) in [6.07, 6.45) is 7.01. The van der Waals surface area contributed by atoms with Gasteiger partial charge in [-0.05, 0) is 0 Å². The van der Waals surface area contributed by atoms with Crippen LogP contribution in [0.25, 0.3) is 0 Å². The van der Waals surface area contributed by atoms with Gasteiger partial charge in [0.2, 0.25) is 0 Å². The molecule has 0 heterocycles. The third kappa shape index (κ3) is 9.38. The fourth-order valence-electron chi connectivity index (χ4n) is 0.677. The molecule has 0 aromatic carbocycles. The Kier molecular flexibility index (Phi) is 13.7. The summed E-state index contributed by atoms with van der Waals surface area (Å²) < 4.78 is 0. The summed E-state index contributed by atoms with van der Waals surface area (Å²) in [5.74, 6) is 0. The van der Waals surface area contributed by atoms with E-state index in [9.17, 15) is 0 Å². The molecule has 54 valence electrons. The van der Waals surface area contributed by atoms with Gasteiger partial charge < -0.3 is 0 Å². The van der Waals surface area contributed by atoms with E-state index in [1.807, 2.05) is 0 Å². The molecule has 0 aromatic heterocycles. The maximum atomic E-state index is 2.25. The SMILES string of the molecule is C.CCCCCCC.[2HH]. The van der Waals surface area contributed by atoms with E-state index < -0.39 is 0 Å². The molecule has 0 amide bonds. The second-order valence-corrected chi connectivity index (χ2v) is 2.06. The fraction of sp³-hybridized carbons (Fsp3) is 1.00. The van der Waals surface area contributed by atoms with Crippen molar-refractivity contribution in [1.82, 2.24) is 0 Å². The van der Waals surface area contributed by atoms with Gasteiger partial charge in [-0.15, -0.1) is 0 Å². The molecule has 0 heteroatoms. The number of hydrogen-bond acceptors (Lipinski definition) is 0. The first kappa shape index (κ1) is 10.9. The highest BCUT2D eigenvalue weighted by atomic mass is 13.9. The van der Waals surface area contributed by atoms with Crippen LogP contribution in [0.15, 0.2) is 0 Å². The van der Waals surface area contributed by atoms with Gasteiger partial charge in [-0.25, -0.2) is 0 Å². The van der Waals surface area contributed by atoms with Gasteiger partial charge in [0.25, 0.3) is 0 Å². The van der Waals surface area contributed by atoms with Crippen LogP contribution in [0.3, 0.4) is 0 Å². The largest absolute Gasteiger partial charge is 0.0776 e. The molecule has 0 spiro atoms. The number of unbranched alkanes of at least 4 members (excludes halogenated alkanes) is 4. The molecule has 0 N–H and O–H groups in total. The van der Waals surface area contributed by atoms with Crippen LogP contribution in [0.4, 0.5) is 0 Å². The van der Waals surface area contributed by atoms with Gasteiger partial charge in [-0.3, -0.25) is 0 Å². The van der Waals surface area contributed by atoms with Crippen molar-refractivity contribution < 1.29 is 1.43 Å². The molecule has 0 bridgehead atoms. The van der Waals surface area contributed by atoms with Crippen LogP contribution in [0.1, 0.15) is 54.8 Å². The first-order valence-electron chi connectivity index (χ1n) is 3.41. The summed E-state index contributed by atoms with van der Waals surface area (Å²) in [6.45, 7) is 4.49. The molecule has 0 nitrogen and oxygen atoms in total. The molecule has 0 aliphatic carbocycles. The molecule has 0 saturated carbocycles. The van der Waals surface area contributed by atoms with E-state index in [0.717, 1.165) is 0 Å². The molecular weight excluding hydrogens is 96.1 g/mol. The Morgan fingerprint density at radius 3 is 1.50 bits per heavy atom. The van der Waals surface area contributed by atoms with Crippen LogP contribution in [0.2, 0.25) is 0 Å². The van der Waals surface area contributed by atoms with E-state index >= 15 is 0 Å². The van der Waals surface area contributed by atoms with Crippen molar-refractivity contribution >= 4 is 0 Å². The van der Waals surface area contributed by atoms with Crippen LogP contribution in [0.5, 0.6) is 0 Å². The summed E-state index contributed by atoms with van der Waals surface area (Å²) >= 11 is 0. The monoisotopic (exact) mass is 119 g/mol. The maximum absolute atomic E-state index is 2.25. The van der Waals surface area contributed by atoms with Gasteiger partial charge >= 0.3 is 0 Å². The molecule has 0 unspecified atom stereocenters. The lowest BCUT2D eigenvalue weighted by atomic mass is 10.2. The third-order valence-corrected chi connectivity index (χ3v) is 1.21. The van der Waals surface area contributed by atoms with E-state index in [4.69, 9.17) is 0 Å². The molecule has 0 fully saturated rings. The van der Waals surface area contributed by atoms with Crippen molar-refractivity contribution in [3.63, 3.8) is 0 Å². The Balaban J connectivity index is -0.000000180. The molecule has 0 saturated heterocycles. The first-order valence-corrected chi connectivity index (χ1v) is 3.41. The van der Waals surface area contributed by atoms with Gasteiger partial charge in [0.05, 0.1) is 0 Å². The molecular formula is C8H22. The Morgan fingerprint density at radius 1 is 0.875 bits per heavy atom. The van der Waals surface area contributed by atoms with Crippen molar-refractivity contribution in [2.45, 2.75) is 53.4 Å². The standard InChI is InChI=1S/C7H16.CH4.H2/c1-3-5-7-6-4-2;;/h3-7H2,1-2H3;1H4;1H/i;;1+1. The predicted molar refractivity (Wildman–Crippen MR) is 43.3 cm³/mol. The van der Waals surface area contributed by atoms with E-state index in [1.165, 1.54) is 32.1 Å². The minimum atomic E-state index is 0. The molecule has 0 atom stereocenters. The smallest absolute Gasteiger partial charge is 0 e. The Bertz CT molecular complexity index is 23.7. The maximum Gasteiger partial charge on any atom is 0 e. The predicted octanol–water partition coefficient (Wildman–Crippen LogP) is 3.86. The Hall–Kier alpha value is 0. The second-order valence-electron chi connectivity index (χ2n) is 2.06. The quantitative estimate of drug-likeness (QED) is 0.493. The normalized spacial score (nSPS) is 8.25. The average molecular weight is 119 g/mol. The summed E-state index contributed by atoms with van der Waals surface area (Å²) in [4.78, 5) is 0. The van der Waals surface area contributed by atoms with Crippen molar-refractivity contribution in [1.29, 1.82) is 0 Å². The lowest BCUT2D eigenvalue weighted by molar-refractivity contribution is 0.656. The minimum absolute atomic E-state index is 0. The first-order chi connectivity index (χ1) is 3.41. The van der Waals surface area contributed by atoms with Crippen LogP contribution >= 0.6 is 0 Å². The average Bonchev–Trinajstić information content (AvgIpc) is 1.69. The van der Waals surface area contributed by atoms with Crippen molar-refractivity contribution in [3.8, 4) is 0 Å². The fourth-order valence-corrected chi connectivity index (χ4v) is 0.677. The minimum Gasteiger partial charge on any atom is -0.0776 e. The van der Waals surface area contributed by atoms with Gasteiger partial charge in [0, 0.05) is 1.43 Å². The van der Waals surface area contributed by atoms with Gasteiger partial charge in [0.1, 0.15) is 0 Å². The zero-order valence-corrected chi connectivity index (χ0v) is 5.54. The Labute approximate surface area is 55.8 Å². The highest BCUT2D eigenvalue weighted by Gasteiger charge is 1.80. The lowest BCUT2D eigenvalue weighted by Crippen LogP contribution is -1.70. The highest BCUT2D eigenvalue weighted by molar-refractivity contribution is 4.35. The van der Waals surface area contributed by atoms with Crippen LogP contribution in [-0.4, -0.2) is 0 Å². The zero-order chi connectivity index (χ0) is 5.54. The third-order valence-electron chi connectivity index (χ3n) is 1.21. The van der Waals surface area contributed by atoms with E-state index in [2.05, 4.69) is 13.8 Å². The van der Waals surface area contributed by atoms with E-state index in [1.54, 1.807) is 0 Å². The van der Waals surface area contributed by atoms with Gasteiger partial charge in [-0.1, -0.05) is 53.4 Å². The van der Waals surface area contributed by atoms with E-state index in [0.29, 0.717) is 0 Å². The molecule has 0 radical (unpaired) electrons. The molecule has 0 aliphatic rings. The number of rotatable bonds is 4. The van der Waals surface area contributed by atoms with Crippen LogP contribution < -0.4 is 0 Å². The summed E-state index contributed by atoms with van der Waals surface area (Å²) in [5.41, 5.74) is 0. The molecule has 0 rings (SSSR count). The summed E-state index contributed by atoms with van der Waals surface area (Å²) in [6, 6.07) is 0. The zero-order valence-electron chi connectivity index (χ0n) is 5.54. The lowest BCUT2D eigenvalue weighted by Gasteiger charge is -1.90. The molecule has 0 aliphatic heterocycles. The van der Waals surface area contributed by atoms with Crippen molar-refractivity contribution in [2.24, 2.45) is 0 Å². The van der Waals surface area contributed by atoms with Gasteiger partial charge in [-0.2, -0.15) is 0 Å². The van der Waals surface area contributed by atoms with Crippen LogP contribution in [-0.2, 0) is 0 Å². The van der Waals surface area contributed by atoms with Gasteiger partial charge in [0.15, 0.2) is 0 Å². The number of hydrogen-bond donors (Lipinski definition) is 0. The molecule has 8 heavy (non-hydrogen) atoms. The van der Waals surface area contributed by atoms with Crippen molar-refractivity contribution in [2.75, 3.05) is 0 Å².